The summed E-state index contributed by atoms with van der Waals surface area (Å²) in [4.78, 5) is 9.33. The quantitative estimate of drug-likeness (QED) is 0.178. The number of likely N-dealkylation sites (N-methyl/N-ethyl adjacent to an activating group) is 1. The lowest BCUT2D eigenvalue weighted by atomic mass is 10.1. The Bertz CT molecular complexity index is 389. The third kappa shape index (κ3) is 11.5. The third-order valence-electron chi connectivity index (χ3n) is 5.53. The van der Waals surface area contributed by atoms with Crippen LogP contribution in [-0.2, 0) is 4.74 Å². The molecule has 0 atom stereocenters. The summed E-state index contributed by atoms with van der Waals surface area (Å²) in [5.74, 6) is 0.894. The van der Waals surface area contributed by atoms with Gasteiger partial charge in [0.2, 0.25) is 0 Å². The van der Waals surface area contributed by atoms with E-state index in [1.165, 1.54) is 77.7 Å². The summed E-state index contributed by atoms with van der Waals surface area (Å²) < 4.78 is 6.03. The molecule has 2 fully saturated rings. The first-order chi connectivity index (χ1) is 12.8. The molecule has 160 valence electrons. The van der Waals surface area contributed by atoms with E-state index in [0.717, 1.165) is 32.1 Å². The maximum atomic E-state index is 6.03. The van der Waals surface area contributed by atoms with Gasteiger partial charge in [0.05, 0.1) is 12.7 Å². The zero-order valence-electron chi connectivity index (χ0n) is 17.5. The highest BCUT2D eigenvalue weighted by molar-refractivity contribution is 14.0. The topological polar surface area (TPSA) is 52.1 Å². The molecule has 0 aromatic rings. The van der Waals surface area contributed by atoms with Crippen molar-refractivity contribution in [2.45, 2.75) is 57.5 Å². The standard InChI is InChI=1S/C20H41N5O.HI/c1-21-20(23-12-18-26-19-9-5-3-4-6-10-19)22-11-7-14-25-15-8-13-24(2)16-17-25;/h19H,3-18H2,1-2H3,(H2,21,22,23);1H. The van der Waals surface area contributed by atoms with E-state index >= 15 is 0 Å². The molecule has 0 bridgehead atoms. The zero-order valence-corrected chi connectivity index (χ0v) is 19.9. The van der Waals surface area contributed by atoms with Crippen LogP contribution < -0.4 is 10.6 Å². The Morgan fingerprint density at radius 3 is 2.44 bits per heavy atom. The molecule has 6 nitrogen and oxygen atoms in total. The van der Waals surface area contributed by atoms with Crippen LogP contribution >= 0.6 is 24.0 Å². The molecular formula is C20H42IN5O. The van der Waals surface area contributed by atoms with Crippen LogP contribution in [0.4, 0.5) is 0 Å². The minimum atomic E-state index is 0. The molecule has 2 aliphatic rings. The van der Waals surface area contributed by atoms with Crippen molar-refractivity contribution in [1.82, 2.24) is 20.4 Å². The second kappa shape index (κ2) is 15.8. The molecule has 0 spiro atoms. The summed E-state index contributed by atoms with van der Waals surface area (Å²) in [7, 11) is 4.06. The van der Waals surface area contributed by atoms with Crippen LogP contribution in [0, 0.1) is 0 Å². The van der Waals surface area contributed by atoms with E-state index in [9.17, 15) is 0 Å². The van der Waals surface area contributed by atoms with E-state index in [0.29, 0.717) is 6.10 Å². The maximum absolute atomic E-state index is 6.03. The van der Waals surface area contributed by atoms with Crippen molar-refractivity contribution in [3.8, 4) is 0 Å². The fourth-order valence-electron chi connectivity index (χ4n) is 3.86. The van der Waals surface area contributed by atoms with Gasteiger partial charge in [0.1, 0.15) is 0 Å². The van der Waals surface area contributed by atoms with Gasteiger partial charge in [0.15, 0.2) is 5.96 Å². The summed E-state index contributed by atoms with van der Waals surface area (Å²) >= 11 is 0. The van der Waals surface area contributed by atoms with Crippen molar-refractivity contribution in [3.05, 3.63) is 0 Å². The lowest BCUT2D eigenvalue weighted by molar-refractivity contribution is 0.0468. The lowest BCUT2D eigenvalue weighted by Gasteiger charge is -2.20. The maximum Gasteiger partial charge on any atom is 0.191 e. The first kappa shape index (κ1) is 24.9. The van der Waals surface area contributed by atoms with Crippen molar-refractivity contribution in [3.63, 3.8) is 0 Å². The highest BCUT2D eigenvalue weighted by Gasteiger charge is 2.13. The Morgan fingerprint density at radius 2 is 1.70 bits per heavy atom. The smallest absolute Gasteiger partial charge is 0.191 e. The van der Waals surface area contributed by atoms with E-state index in [-0.39, 0.29) is 24.0 Å². The Hall–Kier alpha value is -0.120. The molecule has 0 unspecified atom stereocenters. The molecule has 0 amide bonds. The average Bonchev–Trinajstić information content (AvgIpc) is 3.03. The van der Waals surface area contributed by atoms with Crippen molar-refractivity contribution in [2.75, 3.05) is 66.5 Å². The summed E-state index contributed by atoms with van der Waals surface area (Å²) in [5.41, 5.74) is 0. The molecule has 2 rings (SSSR count). The van der Waals surface area contributed by atoms with Gasteiger partial charge in [-0.3, -0.25) is 4.99 Å². The molecule has 0 aromatic heterocycles. The number of guanidine groups is 1. The van der Waals surface area contributed by atoms with Gasteiger partial charge in [-0.2, -0.15) is 0 Å². The van der Waals surface area contributed by atoms with Gasteiger partial charge in [-0.15, -0.1) is 24.0 Å². The Balaban J connectivity index is 0.00000364. The number of hydrogen-bond acceptors (Lipinski definition) is 4. The Kier molecular flexibility index (Phi) is 14.5. The number of ether oxygens (including phenoxy) is 1. The van der Waals surface area contributed by atoms with Crippen LogP contribution in [-0.4, -0.2) is 88.4 Å². The molecule has 7 heteroatoms. The molecule has 0 aromatic carbocycles. The van der Waals surface area contributed by atoms with Gasteiger partial charge in [0.25, 0.3) is 0 Å². The minimum Gasteiger partial charge on any atom is -0.376 e. The highest BCUT2D eigenvalue weighted by atomic mass is 127. The van der Waals surface area contributed by atoms with Crippen molar-refractivity contribution < 1.29 is 4.74 Å². The highest BCUT2D eigenvalue weighted by Crippen LogP contribution is 2.19. The number of hydrogen-bond donors (Lipinski definition) is 2. The van der Waals surface area contributed by atoms with Gasteiger partial charge < -0.3 is 25.2 Å². The normalized spacial score (nSPS) is 21.2. The molecule has 1 aliphatic carbocycles. The predicted molar refractivity (Wildman–Crippen MR) is 125 cm³/mol. The molecular weight excluding hydrogens is 453 g/mol. The van der Waals surface area contributed by atoms with Crippen LogP contribution in [0.5, 0.6) is 0 Å². The summed E-state index contributed by atoms with van der Waals surface area (Å²) in [6.07, 6.45) is 10.8. The molecule has 1 saturated carbocycles. The SMILES string of the molecule is CN=C(NCCCN1CCCN(C)CC1)NCCOC1CCCCCC1.I. The molecule has 0 radical (unpaired) electrons. The first-order valence-corrected chi connectivity index (χ1v) is 10.7. The fourth-order valence-corrected chi connectivity index (χ4v) is 3.86. The third-order valence-corrected chi connectivity index (χ3v) is 5.53. The van der Waals surface area contributed by atoms with Gasteiger partial charge in [-0.05, 0) is 52.4 Å². The van der Waals surface area contributed by atoms with Crippen molar-refractivity contribution in [1.29, 1.82) is 0 Å². The monoisotopic (exact) mass is 495 g/mol. The molecule has 1 heterocycles. The van der Waals surface area contributed by atoms with E-state index in [1.807, 2.05) is 7.05 Å². The van der Waals surface area contributed by atoms with Crippen LogP contribution in [0.25, 0.3) is 0 Å². The van der Waals surface area contributed by atoms with Crippen molar-refractivity contribution in [2.24, 2.45) is 4.99 Å². The Morgan fingerprint density at radius 1 is 0.963 bits per heavy atom. The first-order valence-electron chi connectivity index (χ1n) is 10.7. The summed E-state index contributed by atoms with van der Waals surface area (Å²) in [6.45, 7) is 8.59. The average molecular weight is 495 g/mol. The lowest BCUT2D eigenvalue weighted by Crippen LogP contribution is -2.40. The van der Waals surface area contributed by atoms with Crippen molar-refractivity contribution >= 4 is 29.9 Å². The number of halogens is 1. The number of nitrogens with zero attached hydrogens (tertiary/aromatic N) is 3. The predicted octanol–water partition coefficient (Wildman–Crippen LogP) is 2.54. The van der Waals surface area contributed by atoms with Crippen LogP contribution in [0.3, 0.4) is 0 Å². The second-order valence-electron chi connectivity index (χ2n) is 7.76. The summed E-state index contributed by atoms with van der Waals surface area (Å²) in [6, 6.07) is 0. The molecule has 1 saturated heterocycles. The zero-order chi connectivity index (χ0) is 18.5. The van der Waals surface area contributed by atoms with E-state index in [1.54, 1.807) is 0 Å². The minimum absolute atomic E-state index is 0. The largest absolute Gasteiger partial charge is 0.376 e. The number of aliphatic imine (C=N–C) groups is 1. The van der Waals surface area contributed by atoms with E-state index in [4.69, 9.17) is 4.74 Å². The number of nitrogens with one attached hydrogen (secondary N) is 2. The summed E-state index contributed by atoms with van der Waals surface area (Å²) in [5, 5.41) is 6.80. The Labute approximate surface area is 183 Å². The van der Waals surface area contributed by atoms with Crippen LogP contribution in [0.2, 0.25) is 0 Å². The van der Waals surface area contributed by atoms with Crippen LogP contribution in [0.1, 0.15) is 51.4 Å². The van der Waals surface area contributed by atoms with Gasteiger partial charge in [0, 0.05) is 33.2 Å². The van der Waals surface area contributed by atoms with E-state index < -0.39 is 0 Å². The van der Waals surface area contributed by atoms with E-state index in [2.05, 4.69) is 32.5 Å². The molecule has 2 N–H and O–H groups in total. The van der Waals surface area contributed by atoms with Crippen LogP contribution in [0.15, 0.2) is 4.99 Å². The molecule has 1 aliphatic heterocycles. The van der Waals surface area contributed by atoms with Gasteiger partial charge in [-0.25, -0.2) is 0 Å². The number of rotatable bonds is 8. The van der Waals surface area contributed by atoms with Gasteiger partial charge >= 0.3 is 0 Å². The fraction of sp³-hybridized carbons (Fsp3) is 0.950. The van der Waals surface area contributed by atoms with Gasteiger partial charge in [-0.1, -0.05) is 25.7 Å². The molecule has 27 heavy (non-hydrogen) atoms. The second-order valence-corrected chi connectivity index (χ2v) is 7.76.